The Kier molecular flexibility index (Phi) is 5.25. The maximum atomic E-state index is 14.0. The summed E-state index contributed by atoms with van der Waals surface area (Å²) in [5.41, 5.74) is 0.851. The van der Waals surface area contributed by atoms with Crippen molar-refractivity contribution in [1.82, 2.24) is 14.5 Å². The zero-order valence-electron chi connectivity index (χ0n) is 16.8. The van der Waals surface area contributed by atoms with E-state index in [-0.39, 0.29) is 23.8 Å². The number of nitrogens with zero attached hydrogens (tertiary/aromatic N) is 3. The lowest BCUT2D eigenvalue weighted by Gasteiger charge is -2.34. The molecule has 29 heavy (non-hydrogen) atoms. The van der Waals surface area contributed by atoms with E-state index < -0.39 is 0 Å². The minimum atomic E-state index is -0.356. The summed E-state index contributed by atoms with van der Waals surface area (Å²) in [6.45, 7) is 7.71. The van der Waals surface area contributed by atoms with Crippen molar-refractivity contribution in [2.24, 2.45) is 11.8 Å². The highest BCUT2D eigenvalue weighted by molar-refractivity contribution is 7.20. The van der Waals surface area contributed by atoms with Crippen LogP contribution in [0.5, 0.6) is 0 Å². The highest BCUT2D eigenvalue weighted by Gasteiger charge is 2.29. The molecule has 0 bridgehead atoms. The molecule has 0 unspecified atom stereocenters. The van der Waals surface area contributed by atoms with E-state index in [1.54, 1.807) is 25.1 Å². The molecule has 0 aliphatic carbocycles. The maximum Gasteiger partial charge on any atom is 0.264 e. The fourth-order valence-electron chi connectivity index (χ4n) is 4.26. The van der Waals surface area contributed by atoms with Gasteiger partial charge in [0.05, 0.1) is 23.1 Å². The van der Waals surface area contributed by atoms with Crippen LogP contribution in [-0.4, -0.2) is 33.4 Å². The van der Waals surface area contributed by atoms with Crippen LogP contribution in [0.25, 0.3) is 10.2 Å². The lowest BCUT2D eigenvalue weighted by Crippen LogP contribution is -2.42. The molecule has 0 saturated carbocycles. The summed E-state index contributed by atoms with van der Waals surface area (Å²) in [6.07, 6.45) is 2.56. The number of likely N-dealkylation sites (tertiary alicyclic amines) is 1. The molecular weight excluding hydrogens is 389 g/mol. The quantitative estimate of drug-likeness (QED) is 0.650. The summed E-state index contributed by atoms with van der Waals surface area (Å²) in [4.78, 5) is 33.7. The van der Waals surface area contributed by atoms with Crippen molar-refractivity contribution in [2.75, 3.05) is 13.1 Å². The molecule has 2 aromatic heterocycles. The number of piperidine rings is 1. The molecule has 0 radical (unpaired) electrons. The Morgan fingerprint density at radius 2 is 1.93 bits per heavy atom. The van der Waals surface area contributed by atoms with E-state index in [1.165, 1.54) is 28.3 Å². The van der Waals surface area contributed by atoms with E-state index in [4.69, 9.17) is 0 Å². The van der Waals surface area contributed by atoms with E-state index in [1.807, 2.05) is 4.90 Å². The largest absolute Gasteiger partial charge is 0.337 e. The molecule has 3 heterocycles. The van der Waals surface area contributed by atoms with Gasteiger partial charge in [0.2, 0.25) is 0 Å². The average molecular weight is 414 g/mol. The SMILES string of the molecule is Cc1c(C(=O)N2C[C@H](C)C[C@H](C)C2)sc2ncn(Cc3ccccc3F)c(=O)c12. The molecule has 2 atom stereocenters. The number of aromatic nitrogens is 2. The fourth-order valence-corrected chi connectivity index (χ4v) is 5.37. The van der Waals surface area contributed by atoms with E-state index >= 15 is 0 Å². The number of halogens is 1. The first-order valence-electron chi connectivity index (χ1n) is 9.86. The third kappa shape index (κ3) is 3.71. The molecule has 0 spiro atoms. The summed E-state index contributed by atoms with van der Waals surface area (Å²) in [6, 6.07) is 6.38. The maximum absolute atomic E-state index is 14.0. The molecule has 152 valence electrons. The molecule has 7 heteroatoms. The Hall–Kier alpha value is -2.54. The summed E-state index contributed by atoms with van der Waals surface area (Å²) >= 11 is 1.27. The van der Waals surface area contributed by atoms with Gasteiger partial charge in [-0.25, -0.2) is 9.37 Å². The molecule has 4 rings (SSSR count). The van der Waals surface area contributed by atoms with Gasteiger partial charge in [0.15, 0.2) is 0 Å². The molecule has 1 aliphatic heterocycles. The number of carbonyl (C=O) groups is 1. The van der Waals surface area contributed by atoms with Crippen LogP contribution in [0.3, 0.4) is 0 Å². The number of benzene rings is 1. The van der Waals surface area contributed by atoms with Gasteiger partial charge in [0.1, 0.15) is 10.6 Å². The van der Waals surface area contributed by atoms with Gasteiger partial charge in [0, 0.05) is 18.7 Å². The monoisotopic (exact) mass is 413 g/mol. The van der Waals surface area contributed by atoms with E-state index in [0.717, 1.165) is 19.5 Å². The molecule has 1 aromatic carbocycles. The Bertz CT molecular complexity index is 1130. The van der Waals surface area contributed by atoms with Crippen LogP contribution >= 0.6 is 11.3 Å². The predicted molar refractivity (Wildman–Crippen MR) is 113 cm³/mol. The smallest absolute Gasteiger partial charge is 0.264 e. The second kappa shape index (κ2) is 7.71. The number of thiophene rings is 1. The fraction of sp³-hybridized carbons (Fsp3) is 0.409. The normalized spacial score (nSPS) is 19.7. The van der Waals surface area contributed by atoms with Crippen LogP contribution in [0.2, 0.25) is 0 Å². The van der Waals surface area contributed by atoms with Crippen molar-refractivity contribution in [1.29, 1.82) is 0 Å². The van der Waals surface area contributed by atoms with Gasteiger partial charge in [-0.3, -0.25) is 14.2 Å². The van der Waals surface area contributed by atoms with Crippen LogP contribution in [0.15, 0.2) is 35.4 Å². The van der Waals surface area contributed by atoms with Crippen LogP contribution in [0.4, 0.5) is 4.39 Å². The van der Waals surface area contributed by atoms with Crippen molar-refractivity contribution < 1.29 is 9.18 Å². The minimum Gasteiger partial charge on any atom is -0.337 e. The van der Waals surface area contributed by atoms with Gasteiger partial charge in [0.25, 0.3) is 11.5 Å². The third-order valence-electron chi connectivity index (χ3n) is 5.57. The van der Waals surface area contributed by atoms with Gasteiger partial charge in [-0.2, -0.15) is 0 Å². The molecule has 1 saturated heterocycles. The third-order valence-corrected chi connectivity index (χ3v) is 6.75. The Balaban J connectivity index is 1.71. The Labute approximate surface area is 172 Å². The zero-order chi connectivity index (χ0) is 20.7. The average Bonchev–Trinajstić information content (AvgIpc) is 3.01. The highest BCUT2D eigenvalue weighted by Crippen LogP contribution is 2.30. The van der Waals surface area contributed by atoms with Crippen LogP contribution in [0.1, 0.15) is 41.1 Å². The van der Waals surface area contributed by atoms with Gasteiger partial charge in [-0.1, -0.05) is 32.0 Å². The second-order valence-corrected chi connectivity index (χ2v) is 9.16. The van der Waals surface area contributed by atoms with Crippen LogP contribution in [-0.2, 0) is 6.54 Å². The lowest BCUT2D eigenvalue weighted by atomic mass is 9.92. The molecular formula is C22H24FN3O2S. The summed E-state index contributed by atoms with van der Waals surface area (Å²) < 4.78 is 15.4. The number of aryl methyl sites for hydroxylation is 1. The minimum absolute atomic E-state index is 0.0241. The van der Waals surface area contributed by atoms with Gasteiger partial charge in [-0.05, 0) is 36.8 Å². The van der Waals surface area contributed by atoms with Crippen molar-refractivity contribution >= 4 is 27.5 Å². The molecule has 5 nitrogen and oxygen atoms in total. The first kappa shape index (κ1) is 19.8. The topological polar surface area (TPSA) is 55.2 Å². The summed E-state index contributed by atoms with van der Waals surface area (Å²) in [5, 5.41) is 0.454. The first-order chi connectivity index (χ1) is 13.8. The number of carbonyl (C=O) groups excluding carboxylic acids is 1. The van der Waals surface area contributed by atoms with E-state index in [0.29, 0.717) is 38.1 Å². The summed E-state index contributed by atoms with van der Waals surface area (Å²) in [7, 11) is 0. The van der Waals surface area contributed by atoms with Crippen molar-refractivity contribution in [2.45, 2.75) is 33.7 Å². The van der Waals surface area contributed by atoms with Crippen LogP contribution in [0, 0.1) is 24.6 Å². The number of rotatable bonds is 3. The number of fused-ring (bicyclic) bond motifs is 1. The molecule has 1 aliphatic rings. The summed E-state index contributed by atoms with van der Waals surface area (Å²) in [5.74, 6) is 0.553. The molecule has 0 N–H and O–H groups in total. The standard InChI is InChI=1S/C22H24FN3O2S/c1-13-8-14(2)10-25(9-13)22(28)19-15(3)18-20(29-19)24-12-26(21(18)27)11-16-6-4-5-7-17(16)23/h4-7,12-14H,8-11H2,1-3H3/t13-,14+. The van der Waals surface area contributed by atoms with Crippen molar-refractivity contribution in [3.05, 3.63) is 62.8 Å². The molecule has 3 aromatic rings. The van der Waals surface area contributed by atoms with Gasteiger partial charge in [-0.15, -0.1) is 11.3 Å². The van der Waals surface area contributed by atoms with E-state index in [2.05, 4.69) is 18.8 Å². The van der Waals surface area contributed by atoms with E-state index in [9.17, 15) is 14.0 Å². The van der Waals surface area contributed by atoms with Crippen molar-refractivity contribution in [3.63, 3.8) is 0 Å². The molecule has 1 fully saturated rings. The van der Waals surface area contributed by atoms with Crippen molar-refractivity contribution in [3.8, 4) is 0 Å². The Morgan fingerprint density at radius 3 is 2.62 bits per heavy atom. The number of hydrogen-bond acceptors (Lipinski definition) is 4. The highest BCUT2D eigenvalue weighted by atomic mass is 32.1. The first-order valence-corrected chi connectivity index (χ1v) is 10.7. The number of hydrogen-bond donors (Lipinski definition) is 0. The second-order valence-electron chi connectivity index (χ2n) is 8.16. The van der Waals surface area contributed by atoms with Gasteiger partial charge < -0.3 is 4.90 Å². The van der Waals surface area contributed by atoms with Crippen LogP contribution < -0.4 is 5.56 Å². The molecule has 1 amide bonds. The predicted octanol–water partition coefficient (Wildman–Crippen LogP) is 4.07. The number of amides is 1. The zero-order valence-corrected chi connectivity index (χ0v) is 17.6. The Morgan fingerprint density at radius 1 is 1.24 bits per heavy atom. The van der Waals surface area contributed by atoms with Gasteiger partial charge >= 0.3 is 0 Å². The lowest BCUT2D eigenvalue weighted by molar-refractivity contribution is 0.0627.